The number of hydrogen-bond acceptors (Lipinski definition) is 1. The summed E-state index contributed by atoms with van der Waals surface area (Å²) in [6.07, 6.45) is -3.64. The molecule has 1 nitrogen and oxygen atoms in total. The van der Waals surface area contributed by atoms with Crippen LogP contribution in [0.1, 0.15) is 27.7 Å². The van der Waals surface area contributed by atoms with Crippen LogP contribution in [0.4, 0.5) is 13.2 Å². The lowest BCUT2D eigenvalue weighted by atomic mass is 9.87. The molecule has 0 atom stereocenters. The van der Waals surface area contributed by atoms with Crippen LogP contribution in [0.2, 0.25) is 0 Å². The van der Waals surface area contributed by atoms with Crippen molar-refractivity contribution in [2.45, 2.75) is 33.9 Å². The summed E-state index contributed by atoms with van der Waals surface area (Å²) in [6.45, 7) is 5.84. The summed E-state index contributed by atoms with van der Waals surface area (Å²) in [5.74, 6) is -1.75. The van der Waals surface area contributed by atoms with Crippen molar-refractivity contribution in [2.24, 2.45) is 5.41 Å². The van der Waals surface area contributed by atoms with E-state index in [9.17, 15) is 18.0 Å². The molecule has 0 aliphatic carbocycles. The first-order valence-corrected chi connectivity index (χ1v) is 4.10. The second-order valence-corrected chi connectivity index (χ2v) is 3.84. The molecule has 14 heavy (non-hydrogen) atoms. The predicted molar refractivity (Wildman–Crippen MR) is 47.8 cm³/mol. The van der Waals surface area contributed by atoms with Gasteiger partial charge < -0.3 is 0 Å². The average molecular weight is 206 g/mol. The highest BCUT2D eigenvalue weighted by molar-refractivity contribution is 5.90. The molecular formula is C10H13F3O. The third kappa shape index (κ3) is 3.79. The fourth-order valence-electron chi connectivity index (χ4n) is 0.756. The van der Waals surface area contributed by atoms with Gasteiger partial charge in [-0.2, -0.15) is 13.2 Å². The van der Waals surface area contributed by atoms with Gasteiger partial charge in [0.25, 0.3) is 0 Å². The van der Waals surface area contributed by atoms with Crippen LogP contribution >= 0.6 is 0 Å². The number of allylic oxidation sites excluding steroid dienone is 1. The highest BCUT2D eigenvalue weighted by Crippen LogP contribution is 2.29. The van der Waals surface area contributed by atoms with Gasteiger partial charge in [-0.3, -0.25) is 4.79 Å². The first kappa shape index (κ1) is 13.0. The van der Waals surface area contributed by atoms with Crippen molar-refractivity contribution in [1.82, 2.24) is 0 Å². The van der Waals surface area contributed by atoms with E-state index in [1.807, 2.05) is 0 Å². The van der Waals surface area contributed by atoms with Crippen molar-refractivity contribution in [3.05, 3.63) is 17.4 Å². The zero-order chi connectivity index (χ0) is 11.6. The number of rotatable bonds is 2. The fraction of sp³-hybridized carbons (Fsp3) is 0.600. The molecular weight excluding hydrogens is 193 g/mol. The van der Waals surface area contributed by atoms with Crippen molar-refractivity contribution < 1.29 is 18.0 Å². The Labute approximate surface area is 81.3 Å². The summed E-state index contributed by atoms with van der Waals surface area (Å²) < 4.78 is 36.2. The summed E-state index contributed by atoms with van der Waals surface area (Å²) in [6, 6.07) is 0. The largest absolute Gasteiger partial charge is 0.450 e. The number of hydrogen-bond donors (Lipinski definition) is 0. The maximum Gasteiger partial charge on any atom is 0.450 e. The Bertz CT molecular complexity index is 287. The maximum absolute atomic E-state index is 12.1. The van der Waals surface area contributed by atoms with E-state index < -0.39 is 17.4 Å². The van der Waals surface area contributed by atoms with Gasteiger partial charge in [-0.15, -0.1) is 5.73 Å². The van der Waals surface area contributed by atoms with Crippen molar-refractivity contribution in [1.29, 1.82) is 0 Å². The van der Waals surface area contributed by atoms with Crippen LogP contribution in [-0.4, -0.2) is 12.0 Å². The molecule has 0 saturated heterocycles. The minimum Gasteiger partial charge on any atom is -0.289 e. The molecule has 0 aliphatic heterocycles. The second-order valence-electron chi connectivity index (χ2n) is 3.84. The van der Waals surface area contributed by atoms with Crippen LogP contribution in [0.15, 0.2) is 17.4 Å². The minimum absolute atomic E-state index is 0.730. The Kier molecular flexibility index (Phi) is 3.72. The fourth-order valence-corrected chi connectivity index (χ4v) is 0.756. The van der Waals surface area contributed by atoms with Crippen molar-refractivity contribution in [3.8, 4) is 0 Å². The van der Waals surface area contributed by atoms with Gasteiger partial charge >= 0.3 is 6.18 Å². The molecule has 0 aromatic rings. The van der Waals surface area contributed by atoms with Gasteiger partial charge in [-0.25, -0.2) is 0 Å². The Balaban J connectivity index is 5.00. The average Bonchev–Trinajstić information content (AvgIpc) is 1.98. The third-order valence-corrected chi connectivity index (χ3v) is 1.56. The molecule has 0 spiro atoms. The molecule has 0 aliphatic rings. The standard InChI is InChI=1S/C10H13F3O/c1-7(2)5-6-9(3,4)8(14)10(11,12)13/h6H,1-4H3. The molecule has 0 rings (SSSR count). The Morgan fingerprint density at radius 3 is 1.93 bits per heavy atom. The summed E-state index contributed by atoms with van der Waals surface area (Å²) in [5.41, 5.74) is 1.79. The lowest BCUT2D eigenvalue weighted by Gasteiger charge is -2.18. The lowest BCUT2D eigenvalue weighted by molar-refractivity contribution is -0.178. The third-order valence-electron chi connectivity index (χ3n) is 1.56. The summed E-state index contributed by atoms with van der Waals surface area (Å²) in [5, 5.41) is 0. The number of carbonyl (C=O) groups excluding carboxylic acids is 1. The van der Waals surface area contributed by atoms with E-state index in [2.05, 4.69) is 5.73 Å². The Morgan fingerprint density at radius 1 is 1.21 bits per heavy atom. The highest BCUT2D eigenvalue weighted by atomic mass is 19.4. The molecule has 0 fully saturated rings. The smallest absolute Gasteiger partial charge is 0.289 e. The molecule has 0 unspecified atom stereocenters. The van der Waals surface area contributed by atoms with Gasteiger partial charge in [-0.05, 0) is 39.3 Å². The molecule has 0 radical (unpaired) electrons. The summed E-state index contributed by atoms with van der Waals surface area (Å²) in [4.78, 5) is 10.9. The van der Waals surface area contributed by atoms with Gasteiger partial charge in [0, 0.05) is 0 Å². The van der Waals surface area contributed by atoms with E-state index in [-0.39, 0.29) is 0 Å². The monoisotopic (exact) mass is 206 g/mol. The minimum atomic E-state index is -4.79. The second kappa shape index (κ2) is 4.01. The van der Waals surface area contributed by atoms with E-state index in [0.29, 0.717) is 0 Å². The molecule has 0 aromatic carbocycles. The van der Waals surface area contributed by atoms with E-state index in [4.69, 9.17) is 0 Å². The lowest BCUT2D eigenvalue weighted by Crippen LogP contribution is -2.35. The van der Waals surface area contributed by atoms with Crippen LogP contribution in [0.5, 0.6) is 0 Å². The number of Topliss-reactive ketones (excluding diaryl/α,β-unsaturated/α-hetero) is 1. The van der Waals surface area contributed by atoms with Crippen molar-refractivity contribution in [3.63, 3.8) is 0 Å². The zero-order valence-corrected chi connectivity index (χ0v) is 8.62. The van der Waals surface area contributed by atoms with E-state index in [1.165, 1.54) is 13.8 Å². The van der Waals surface area contributed by atoms with Gasteiger partial charge in [0.15, 0.2) is 0 Å². The predicted octanol–water partition coefficient (Wildman–Crippen LogP) is 3.27. The van der Waals surface area contributed by atoms with Gasteiger partial charge in [0.1, 0.15) is 0 Å². The highest BCUT2D eigenvalue weighted by Gasteiger charge is 2.46. The van der Waals surface area contributed by atoms with Crippen molar-refractivity contribution >= 4 is 5.78 Å². The quantitative estimate of drug-likeness (QED) is 0.634. The zero-order valence-electron chi connectivity index (χ0n) is 8.62. The number of halogens is 3. The Morgan fingerprint density at radius 2 is 1.64 bits per heavy atom. The summed E-state index contributed by atoms with van der Waals surface area (Å²) >= 11 is 0. The molecule has 80 valence electrons. The SMILES string of the molecule is CC(C)=C=CC(C)(C)C(=O)C(F)(F)F. The number of alkyl halides is 3. The molecule has 0 aromatic heterocycles. The molecule has 0 bridgehead atoms. The first-order valence-electron chi connectivity index (χ1n) is 4.10. The van der Waals surface area contributed by atoms with E-state index in [1.54, 1.807) is 13.8 Å². The van der Waals surface area contributed by atoms with E-state index >= 15 is 0 Å². The Hall–Kier alpha value is -1.02. The van der Waals surface area contributed by atoms with Gasteiger partial charge in [-0.1, -0.05) is 0 Å². The molecule has 0 amide bonds. The topological polar surface area (TPSA) is 17.1 Å². The van der Waals surface area contributed by atoms with Crippen LogP contribution < -0.4 is 0 Å². The van der Waals surface area contributed by atoms with Gasteiger partial charge in [0.05, 0.1) is 5.41 Å². The number of carbonyl (C=O) groups is 1. The molecule has 0 N–H and O–H groups in total. The summed E-state index contributed by atoms with van der Waals surface area (Å²) in [7, 11) is 0. The van der Waals surface area contributed by atoms with Crippen LogP contribution in [-0.2, 0) is 4.79 Å². The molecule has 0 heterocycles. The van der Waals surface area contributed by atoms with E-state index in [0.717, 1.165) is 11.6 Å². The van der Waals surface area contributed by atoms with Gasteiger partial charge in [0.2, 0.25) is 5.78 Å². The number of ketones is 1. The van der Waals surface area contributed by atoms with Crippen LogP contribution in [0.25, 0.3) is 0 Å². The maximum atomic E-state index is 12.1. The normalized spacial score (nSPS) is 11.9. The molecule has 4 heteroatoms. The molecule has 0 saturated carbocycles. The van der Waals surface area contributed by atoms with Crippen molar-refractivity contribution in [2.75, 3.05) is 0 Å². The van der Waals surface area contributed by atoms with Crippen LogP contribution in [0.3, 0.4) is 0 Å². The first-order chi connectivity index (χ1) is 6.07. The van der Waals surface area contributed by atoms with Crippen LogP contribution in [0, 0.1) is 5.41 Å².